The van der Waals surface area contributed by atoms with E-state index in [9.17, 15) is 80.1 Å². The molecule has 4 fully saturated rings. The van der Waals surface area contributed by atoms with Gasteiger partial charge in [0.25, 0.3) is 0 Å². The Bertz CT molecular complexity index is 3680. The molecule has 4 aliphatic rings. The van der Waals surface area contributed by atoms with Gasteiger partial charge in [0.2, 0.25) is 47.1 Å². The first-order valence-corrected chi connectivity index (χ1v) is 37.5. The molecule has 582 valence electrons. The zero-order chi connectivity index (χ0) is 77.3. The van der Waals surface area contributed by atoms with Crippen molar-refractivity contribution in [2.24, 2.45) is 16.3 Å². The summed E-state index contributed by atoms with van der Waals surface area (Å²) in [6.45, 7) is 4.61. The monoisotopic (exact) mass is 1520 g/mol. The van der Waals surface area contributed by atoms with Crippen molar-refractivity contribution in [2.75, 3.05) is 44.4 Å². The van der Waals surface area contributed by atoms with Crippen LogP contribution < -0.4 is 42.5 Å². The minimum atomic E-state index is -2.74. The molecule has 0 unspecified atom stereocenters. The number of carbonyl (C=O) groups excluding carboxylic acids is 9. The second-order valence-electron chi connectivity index (χ2n) is 28.1. The number of H-pyrrole nitrogens is 1. The minimum Gasteiger partial charge on any atom is -0.508 e. The number of unbranched alkanes of at least 4 members (excludes halogenated alkanes) is 1. The van der Waals surface area contributed by atoms with E-state index >= 15 is 19.2 Å². The fourth-order valence-corrected chi connectivity index (χ4v) is 15.2. The lowest BCUT2D eigenvalue weighted by Gasteiger charge is -2.47. The summed E-state index contributed by atoms with van der Waals surface area (Å²) in [5.74, 6) is -12.3. The van der Waals surface area contributed by atoms with Crippen molar-refractivity contribution in [3.05, 3.63) is 102 Å². The van der Waals surface area contributed by atoms with Gasteiger partial charge in [0.1, 0.15) is 102 Å². The number of aromatic hydroxyl groups is 1. The summed E-state index contributed by atoms with van der Waals surface area (Å²) in [5, 5.41) is 140. The standard InChI is InChI=1S/C71H98N10O23S2/c1-35(55-51(87)26-70(4,5)27-52(55)88)72-22-12-11-17-44-62(94)81-56(37(3)85)68(100)80-50(67(99)78-48(29-82)36(2)84)33-106-105-32-49(66(98)76-46(24-39-18-20-41(86)21-19-39)64(96)77-47(65(97)75-44)25-40-28-73-43-16-10-9-15-42(40)43)79-63(95)45(23-38-13-7-6-8-14-38)74-34-71(101)61(93)60(53(89)31-102-71)104-69-59(92)58(91)57(90)54(30-83)103-69/h6-10,13-16,18-21,28,36-37,44-50,53-61,69,73-74,82-86,89-93,101H,11-12,17,22-27,29-34H2,1-5H3,(H,75,97)(H,76,98)(H,77,96)(H,78,99)(H,79,95)(H,80,100)(H,81,94)/t36-,37-,44+,45-,46+,47-,48+,49+,50+,53-,54-,56+,57-,58+,59-,60-,61+,69-,71-/m1/s1. The van der Waals surface area contributed by atoms with Crippen LogP contribution in [0, 0.1) is 11.3 Å². The van der Waals surface area contributed by atoms with E-state index in [4.69, 9.17) is 14.2 Å². The Morgan fingerprint density at radius 3 is 2.03 bits per heavy atom. The van der Waals surface area contributed by atoms with Crippen LogP contribution in [0.5, 0.6) is 5.75 Å². The first kappa shape index (κ1) is 84.1. The number of fused-ring (bicyclic) bond motifs is 1. The molecule has 33 nitrogen and oxygen atoms in total. The Labute approximate surface area is 618 Å². The van der Waals surface area contributed by atoms with Crippen molar-refractivity contribution < 1.29 is 114 Å². The maximum atomic E-state index is 15.4. The highest BCUT2D eigenvalue weighted by Crippen LogP contribution is 2.35. The predicted octanol–water partition coefficient (Wildman–Crippen LogP) is -3.77. The number of aliphatic imine (C=N–C) groups is 1. The van der Waals surface area contributed by atoms with Crippen LogP contribution in [0.25, 0.3) is 10.9 Å². The molecule has 35 heteroatoms. The van der Waals surface area contributed by atoms with E-state index in [0.29, 0.717) is 33.3 Å². The molecule has 3 saturated heterocycles. The number of Topliss-reactive ketones (excluding diaryl/α,β-unsaturated/α-hetero) is 2. The van der Waals surface area contributed by atoms with Gasteiger partial charge in [-0.3, -0.25) is 48.1 Å². The Morgan fingerprint density at radius 2 is 1.37 bits per heavy atom. The van der Waals surface area contributed by atoms with Gasteiger partial charge in [-0.05, 0) is 86.8 Å². The molecule has 0 radical (unpaired) electrons. The van der Waals surface area contributed by atoms with E-state index in [1.807, 2.05) is 13.8 Å². The molecule has 7 amide bonds. The Morgan fingerprint density at radius 1 is 0.736 bits per heavy atom. The normalized spacial score (nSPS) is 29.8. The van der Waals surface area contributed by atoms with Gasteiger partial charge in [0.15, 0.2) is 6.29 Å². The van der Waals surface area contributed by atoms with Gasteiger partial charge in [-0.1, -0.05) is 96.1 Å². The number of amides is 7. The number of benzene rings is 3. The molecule has 4 aromatic rings. The van der Waals surface area contributed by atoms with Gasteiger partial charge in [-0.15, -0.1) is 0 Å². The van der Waals surface area contributed by atoms with Crippen LogP contribution in [0.3, 0.4) is 0 Å². The summed E-state index contributed by atoms with van der Waals surface area (Å²) in [7, 11) is 1.73. The fourth-order valence-electron chi connectivity index (χ4n) is 12.9. The number of aliphatic hydroxyl groups excluding tert-OH is 9. The fraction of sp³-hybridized carbons (Fsp3) is 0.577. The average Bonchev–Trinajstić information content (AvgIpc) is 0.940. The second-order valence-corrected chi connectivity index (χ2v) is 30.6. The quantitative estimate of drug-likeness (QED) is 0.0131. The van der Waals surface area contributed by atoms with Gasteiger partial charge < -0.3 is 118 Å². The van der Waals surface area contributed by atoms with Crippen LogP contribution in [0.15, 0.2) is 90.1 Å². The topological polar surface area (TPSA) is 528 Å². The zero-order valence-corrected chi connectivity index (χ0v) is 60.9. The number of aliphatic hydroxyl groups is 10. The van der Waals surface area contributed by atoms with Gasteiger partial charge in [-0.25, -0.2) is 0 Å². The maximum absolute atomic E-state index is 15.4. The lowest BCUT2D eigenvalue weighted by molar-refractivity contribution is -0.367. The third kappa shape index (κ3) is 22.5. The van der Waals surface area contributed by atoms with E-state index in [1.165, 1.54) is 38.1 Å². The number of nitrogens with zero attached hydrogens (tertiary/aromatic N) is 1. The summed E-state index contributed by atoms with van der Waals surface area (Å²) in [6, 6.07) is 8.28. The summed E-state index contributed by atoms with van der Waals surface area (Å²) >= 11 is 0. The molecule has 1 aliphatic carbocycles. The molecule has 0 spiro atoms. The number of para-hydroxylation sites is 1. The Hall–Kier alpha value is -7.56. The van der Waals surface area contributed by atoms with Crippen molar-refractivity contribution in [3.8, 4) is 5.75 Å². The zero-order valence-electron chi connectivity index (χ0n) is 59.2. The number of phenols is 1. The molecule has 0 bridgehead atoms. The van der Waals surface area contributed by atoms with Crippen LogP contribution in [-0.4, -0.2) is 280 Å². The molecule has 4 heterocycles. The number of aromatic nitrogens is 1. The average molecular weight is 1520 g/mol. The number of hydrogen-bond donors (Lipinski definition) is 20. The molecule has 3 aromatic carbocycles. The van der Waals surface area contributed by atoms with E-state index in [0.717, 1.165) is 21.6 Å². The van der Waals surface area contributed by atoms with Crippen molar-refractivity contribution in [2.45, 2.75) is 201 Å². The smallest absolute Gasteiger partial charge is 0.245 e. The summed E-state index contributed by atoms with van der Waals surface area (Å²) < 4.78 is 16.7. The first-order chi connectivity index (χ1) is 50.3. The second kappa shape index (κ2) is 38.5. The van der Waals surface area contributed by atoms with Gasteiger partial charge in [0, 0.05) is 66.5 Å². The van der Waals surface area contributed by atoms with E-state index in [1.54, 1.807) is 67.7 Å². The number of carbonyl (C=O) groups is 9. The molecular weight excluding hydrogens is 1420 g/mol. The summed E-state index contributed by atoms with van der Waals surface area (Å²) in [4.78, 5) is 139. The van der Waals surface area contributed by atoms with Crippen LogP contribution in [0.4, 0.5) is 0 Å². The van der Waals surface area contributed by atoms with E-state index in [-0.39, 0.29) is 75.2 Å². The summed E-state index contributed by atoms with van der Waals surface area (Å²) in [5.41, 5.74) is 1.85. The highest BCUT2D eigenvalue weighted by Gasteiger charge is 2.54. The SMILES string of the molecule is CC(=NCCCC[C@@H]1NC(=O)[C@@H](Cc2c[nH]c3ccccc23)NC(=O)[C@H](Cc2ccc(O)cc2)NC(=O)[C@@H](NC(=O)[C@@H](Cc2ccccc2)NC[C@@]2(O)OC[C@@H](O)[C@@H](O[C@H]3O[C@H](CO)[C@@H](O)[C@H](O)[C@H]3O)[C@@H]2O)CSSC[C@@H](C(=O)N[C@@H](CO)[C@@H](C)O)NC(=O)[C@H]([C@@H](C)O)NC1=O)C1C(=O)CC(C)(C)CC1=O. The van der Waals surface area contributed by atoms with E-state index < -0.39 is 206 Å². The number of aromatic amines is 1. The number of phenolic OH excluding ortho intramolecular Hbond substituents is 1. The molecule has 106 heavy (non-hydrogen) atoms. The van der Waals surface area contributed by atoms with Crippen LogP contribution in [0.1, 0.15) is 83.4 Å². The van der Waals surface area contributed by atoms with Crippen molar-refractivity contribution >= 4 is 91.1 Å². The van der Waals surface area contributed by atoms with Crippen LogP contribution in [0.2, 0.25) is 0 Å². The molecular formula is C71H98N10O23S2. The number of ether oxygens (including phenoxy) is 3. The molecule has 19 atom stereocenters. The molecule has 20 N–H and O–H groups in total. The number of rotatable bonds is 25. The summed E-state index contributed by atoms with van der Waals surface area (Å²) in [6.07, 6.45) is -16.6. The number of hydrogen-bond acceptors (Lipinski definition) is 27. The van der Waals surface area contributed by atoms with Crippen LogP contribution in [-0.2, 0) is 76.6 Å². The number of ketones is 2. The largest absolute Gasteiger partial charge is 0.508 e. The lowest BCUT2D eigenvalue weighted by atomic mass is 9.70. The molecule has 8 rings (SSSR count). The Balaban J connectivity index is 1.14. The predicted molar refractivity (Wildman–Crippen MR) is 385 cm³/mol. The van der Waals surface area contributed by atoms with Crippen molar-refractivity contribution in [3.63, 3.8) is 0 Å². The van der Waals surface area contributed by atoms with Gasteiger partial charge in [-0.2, -0.15) is 0 Å². The van der Waals surface area contributed by atoms with Crippen LogP contribution >= 0.6 is 21.6 Å². The molecule has 1 aromatic heterocycles. The molecule has 1 saturated carbocycles. The minimum absolute atomic E-state index is 0.0810. The first-order valence-electron chi connectivity index (χ1n) is 35.0. The highest BCUT2D eigenvalue weighted by molar-refractivity contribution is 8.76. The maximum Gasteiger partial charge on any atom is 0.245 e. The lowest BCUT2D eigenvalue weighted by Crippen LogP contribution is -2.68. The third-order valence-electron chi connectivity index (χ3n) is 19.0. The third-order valence-corrected chi connectivity index (χ3v) is 21.4. The Kier molecular flexibility index (Phi) is 30.5. The van der Waals surface area contributed by atoms with Crippen molar-refractivity contribution in [1.29, 1.82) is 0 Å². The molecule has 3 aliphatic heterocycles. The van der Waals surface area contributed by atoms with E-state index in [2.05, 4.69) is 52.5 Å². The van der Waals surface area contributed by atoms with Gasteiger partial charge >= 0.3 is 0 Å². The highest BCUT2D eigenvalue weighted by atomic mass is 33.1. The van der Waals surface area contributed by atoms with Gasteiger partial charge in [0.05, 0.1) is 50.7 Å². The number of nitrogens with one attached hydrogen (secondary N) is 9. The van der Waals surface area contributed by atoms with Crippen molar-refractivity contribution in [1.82, 2.24) is 47.5 Å².